The van der Waals surface area contributed by atoms with Crippen molar-refractivity contribution in [1.82, 2.24) is 9.88 Å². The second-order valence-electron chi connectivity index (χ2n) is 7.09. The average molecular weight is 426 g/mol. The van der Waals surface area contributed by atoms with Crippen molar-refractivity contribution in [3.05, 3.63) is 65.4 Å². The molecule has 0 N–H and O–H groups in total. The molecule has 7 heteroatoms. The van der Waals surface area contributed by atoms with E-state index in [0.29, 0.717) is 26.1 Å². The Morgan fingerprint density at radius 3 is 2.57 bits per heavy atom. The predicted octanol–water partition coefficient (Wildman–Crippen LogP) is 4.24. The van der Waals surface area contributed by atoms with Gasteiger partial charge in [0.05, 0.1) is 24.3 Å². The first-order chi connectivity index (χ1) is 14.6. The van der Waals surface area contributed by atoms with Crippen molar-refractivity contribution >= 4 is 22.9 Å². The number of thiazole rings is 1. The summed E-state index contributed by atoms with van der Waals surface area (Å²) >= 11 is 1.53. The van der Waals surface area contributed by atoms with Gasteiger partial charge in [0.25, 0.3) is 0 Å². The summed E-state index contributed by atoms with van der Waals surface area (Å²) in [7, 11) is 0. The standard InChI is InChI=1S/C23H24FN3O2S/c1-2-29-21-6-4-3-5-20(21)23-25-18(16-30-23)15-22(28)27-13-11-26(12-14-27)19-9-7-17(24)8-10-19/h3-10,16H,2,11-15H2,1H3. The van der Waals surface area contributed by atoms with Crippen molar-refractivity contribution in [3.63, 3.8) is 0 Å². The van der Waals surface area contributed by atoms with Crippen LogP contribution in [0, 0.1) is 5.82 Å². The number of nitrogens with zero attached hydrogens (tertiary/aromatic N) is 3. The molecule has 1 aliphatic heterocycles. The van der Waals surface area contributed by atoms with Crippen LogP contribution in [0.3, 0.4) is 0 Å². The fourth-order valence-electron chi connectivity index (χ4n) is 3.57. The van der Waals surface area contributed by atoms with E-state index in [-0.39, 0.29) is 11.7 Å². The summed E-state index contributed by atoms with van der Waals surface area (Å²) in [6, 6.07) is 14.3. The molecule has 2 heterocycles. The molecular weight excluding hydrogens is 401 g/mol. The number of hydrogen-bond acceptors (Lipinski definition) is 5. The summed E-state index contributed by atoms with van der Waals surface area (Å²) < 4.78 is 18.8. The number of amides is 1. The van der Waals surface area contributed by atoms with Crippen molar-refractivity contribution in [2.75, 3.05) is 37.7 Å². The van der Waals surface area contributed by atoms with Crippen LogP contribution in [0.15, 0.2) is 53.9 Å². The van der Waals surface area contributed by atoms with Gasteiger partial charge in [-0.2, -0.15) is 0 Å². The Morgan fingerprint density at radius 2 is 1.83 bits per heavy atom. The largest absolute Gasteiger partial charge is 0.493 e. The van der Waals surface area contributed by atoms with Crippen LogP contribution >= 0.6 is 11.3 Å². The maximum Gasteiger partial charge on any atom is 0.228 e. The van der Waals surface area contributed by atoms with Crippen LogP contribution in [0.4, 0.5) is 10.1 Å². The summed E-state index contributed by atoms with van der Waals surface area (Å²) in [5, 5.41) is 2.81. The van der Waals surface area contributed by atoms with Gasteiger partial charge in [0.2, 0.25) is 5.91 Å². The number of ether oxygens (including phenoxy) is 1. The summed E-state index contributed by atoms with van der Waals surface area (Å²) in [6.07, 6.45) is 0.295. The van der Waals surface area contributed by atoms with Crippen molar-refractivity contribution in [2.24, 2.45) is 0 Å². The molecule has 1 aromatic heterocycles. The molecule has 1 saturated heterocycles. The van der Waals surface area contributed by atoms with Crippen LogP contribution < -0.4 is 9.64 Å². The maximum absolute atomic E-state index is 13.1. The number of carbonyl (C=O) groups excluding carboxylic acids is 1. The van der Waals surface area contributed by atoms with Gasteiger partial charge in [0.15, 0.2) is 0 Å². The fourth-order valence-corrected chi connectivity index (χ4v) is 4.42. The first-order valence-electron chi connectivity index (χ1n) is 10.1. The van der Waals surface area contributed by atoms with E-state index in [4.69, 9.17) is 4.74 Å². The zero-order valence-electron chi connectivity index (χ0n) is 16.9. The van der Waals surface area contributed by atoms with E-state index < -0.39 is 0 Å². The summed E-state index contributed by atoms with van der Waals surface area (Å²) in [5.74, 6) is 0.659. The van der Waals surface area contributed by atoms with Gasteiger partial charge >= 0.3 is 0 Å². The molecule has 30 heavy (non-hydrogen) atoms. The number of benzene rings is 2. The van der Waals surface area contributed by atoms with Crippen LogP contribution in [0.2, 0.25) is 0 Å². The highest BCUT2D eigenvalue weighted by Crippen LogP contribution is 2.32. The number of piperazine rings is 1. The number of anilines is 1. The van der Waals surface area contributed by atoms with Crippen molar-refractivity contribution in [1.29, 1.82) is 0 Å². The van der Waals surface area contributed by atoms with Gasteiger partial charge in [-0.25, -0.2) is 9.37 Å². The van der Waals surface area contributed by atoms with Crippen LogP contribution in [-0.4, -0.2) is 48.6 Å². The molecule has 0 radical (unpaired) electrons. The summed E-state index contributed by atoms with van der Waals surface area (Å²) in [5.41, 5.74) is 2.73. The number of halogens is 1. The van der Waals surface area contributed by atoms with E-state index in [9.17, 15) is 9.18 Å². The minimum absolute atomic E-state index is 0.0868. The van der Waals surface area contributed by atoms with Crippen LogP contribution in [-0.2, 0) is 11.2 Å². The lowest BCUT2D eigenvalue weighted by Crippen LogP contribution is -2.49. The Bertz CT molecular complexity index is 998. The van der Waals surface area contributed by atoms with Gasteiger partial charge in [-0.3, -0.25) is 4.79 Å². The molecule has 0 atom stereocenters. The van der Waals surface area contributed by atoms with Crippen molar-refractivity contribution < 1.29 is 13.9 Å². The molecule has 4 rings (SSSR count). The number of hydrogen-bond donors (Lipinski definition) is 0. The molecule has 0 saturated carbocycles. The highest BCUT2D eigenvalue weighted by atomic mass is 32.1. The second-order valence-corrected chi connectivity index (χ2v) is 7.95. The van der Waals surface area contributed by atoms with Gasteiger partial charge in [-0.15, -0.1) is 11.3 Å². The molecule has 0 unspecified atom stereocenters. The normalized spacial score (nSPS) is 14.1. The number of carbonyl (C=O) groups is 1. The molecule has 156 valence electrons. The molecule has 5 nitrogen and oxygen atoms in total. The fraction of sp³-hybridized carbons (Fsp3) is 0.304. The number of rotatable bonds is 6. The summed E-state index contributed by atoms with van der Waals surface area (Å²) in [6.45, 7) is 5.33. The van der Waals surface area contributed by atoms with E-state index in [1.165, 1.54) is 23.5 Å². The highest BCUT2D eigenvalue weighted by Gasteiger charge is 2.22. The van der Waals surface area contributed by atoms with Crippen LogP contribution in [0.25, 0.3) is 10.6 Å². The highest BCUT2D eigenvalue weighted by molar-refractivity contribution is 7.13. The zero-order valence-corrected chi connectivity index (χ0v) is 17.7. The molecule has 0 spiro atoms. The second kappa shape index (κ2) is 9.26. The third-order valence-corrected chi connectivity index (χ3v) is 6.05. The molecule has 1 amide bonds. The van der Waals surface area contributed by atoms with E-state index in [0.717, 1.165) is 40.8 Å². The lowest BCUT2D eigenvalue weighted by molar-refractivity contribution is -0.130. The van der Waals surface area contributed by atoms with E-state index in [1.807, 2.05) is 41.5 Å². The first kappa shape index (κ1) is 20.3. The van der Waals surface area contributed by atoms with E-state index >= 15 is 0 Å². The predicted molar refractivity (Wildman–Crippen MR) is 118 cm³/mol. The molecule has 0 bridgehead atoms. The SMILES string of the molecule is CCOc1ccccc1-c1nc(CC(=O)N2CCN(c3ccc(F)cc3)CC2)cs1. The van der Waals surface area contributed by atoms with Gasteiger partial charge in [-0.05, 0) is 43.3 Å². The van der Waals surface area contributed by atoms with Gasteiger partial charge < -0.3 is 14.5 Å². The zero-order chi connectivity index (χ0) is 20.9. The first-order valence-corrected chi connectivity index (χ1v) is 11.0. The minimum Gasteiger partial charge on any atom is -0.493 e. The molecular formula is C23H24FN3O2S. The average Bonchev–Trinajstić information content (AvgIpc) is 3.23. The third kappa shape index (κ3) is 4.62. The van der Waals surface area contributed by atoms with E-state index in [1.54, 1.807) is 12.1 Å². The Hall–Kier alpha value is -2.93. The lowest BCUT2D eigenvalue weighted by atomic mass is 10.2. The molecule has 1 aliphatic rings. The number of aromatic nitrogens is 1. The Morgan fingerprint density at radius 1 is 1.10 bits per heavy atom. The smallest absolute Gasteiger partial charge is 0.228 e. The lowest BCUT2D eigenvalue weighted by Gasteiger charge is -2.36. The summed E-state index contributed by atoms with van der Waals surface area (Å²) in [4.78, 5) is 21.5. The quantitative estimate of drug-likeness (QED) is 0.593. The van der Waals surface area contributed by atoms with Crippen LogP contribution in [0.1, 0.15) is 12.6 Å². The number of para-hydroxylation sites is 1. The topological polar surface area (TPSA) is 45.7 Å². The minimum atomic E-state index is -0.237. The van der Waals surface area contributed by atoms with Gasteiger partial charge in [0.1, 0.15) is 16.6 Å². The Labute approximate surface area is 179 Å². The molecule has 3 aromatic rings. The van der Waals surface area contributed by atoms with Crippen molar-refractivity contribution in [3.8, 4) is 16.3 Å². The monoisotopic (exact) mass is 425 g/mol. The Kier molecular flexibility index (Phi) is 6.28. The Balaban J connectivity index is 1.36. The molecule has 0 aliphatic carbocycles. The van der Waals surface area contributed by atoms with Gasteiger partial charge in [-0.1, -0.05) is 12.1 Å². The third-order valence-electron chi connectivity index (χ3n) is 5.13. The van der Waals surface area contributed by atoms with Crippen LogP contribution in [0.5, 0.6) is 5.75 Å². The van der Waals surface area contributed by atoms with E-state index in [2.05, 4.69) is 9.88 Å². The molecule has 2 aromatic carbocycles. The van der Waals surface area contributed by atoms with Crippen molar-refractivity contribution in [2.45, 2.75) is 13.3 Å². The van der Waals surface area contributed by atoms with Gasteiger partial charge in [0, 0.05) is 37.2 Å². The maximum atomic E-state index is 13.1. The molecule has 1 fully saturated rings.